The van der Waals surface area contributed by atoms with E-state index in [0.717, 1.165) is 23.6 Å². The zero-order chi connectivity index (χ0) is 19.3. The van der Waals surface area contributed by atoms with Gasteiger partial charge in [-0.1, -0.05) is 25.4 Å². The summed E-state index contributed by atoms with van der Waals surface area (Å²) >= 11 is 6.39. The van der Waals surface area contributed by atoms with Crippen molar-refractivity contribution in [3.8, 4) is 0 Å². The number of carbonyl (C=O) groups is 1. The molecule has 1 amide bonds. The van der Waals surface area contributed by atoms with E-state index in [-0.39, 0.29) is 11.9 Å². The standard InChI is InChI=1S/C19H27ClN4O2/c1-13(2)12-24-19(20)15(14(3)22-24)8-9-18(25)21-11-16(23(4)5)17-7-6-10-26-17/h6-10,13,16H,11-12H2,1-5H3,(H,21,25)/b9-8+. The van der Waals surface area contributed by atoms with E-state index in [1.165, 1.54) is 6.08 Å². The predicted molar refractivity (Wildman–Crippen MR) is 104 cm³/mol. The van der Waals surface area contributed by atoms with Gasteiger partial charge in [0.05, 0.1) is 18.0 Å². The summed E-state index contributed by atoms with van der Waals surface area (Å²) in [4.78, 5) is 14.2. The first-order valence-electron chi connectivity index (χ1n) is 8.68. The molecule has 2 rings (SSSR count). The predicted octanol–water partition coefficient (Wildman–Crippen LogP) is 3.53. The molecule has 2 aromatic rings. The minimum atomic E-state index is -0.185. The van der Waals surface area contributed by atoms with E-state index in [4.69, 9.17) is 16.0 Å². The van der Waals surface area contributed by atoms with Crippen molar-refractivity contribution in [3.05, 3.63) is 46.6 Å². The zero-order valence-electron chi connectivity index (χ0n) is 16.0. The molecule has 1 unspecified atom stereocenters. The third-order valence-corrected chi connectivity index (χ3v) is 4.41. The van der Waals surface area contributed by atoms with Crippen LogP contribution in [0.25, 0.3) is 6.08 Å². The summed E-state index contributed by atoms with van der Waals surface area (Å²) in [5.74, 6) is 1.07. The van der Waals surface area contributed by atoms with Gasteiger partial charge in [0.2, 0.25) is 5.91 Å². The molecule has 0 spiro atoms. The average molecular weight is 379 g/mol. The van der Waals surface area contributed by atoms with Crippen molar-refractivity contribution < 1.29 is 9.21 Å². The molecule has 6 nitrogen and oxygen atoms in total. The first-order chi connectivity index (χ1) is 12.3. The van der Waals surface area contributed by atoms with Crippen LogP contribution in [-0.4, -0.2) is 41.2 Å². The second-order valence-electron chi connectivity index (χ2n) is 6.94. The van der Waals surface area contributed by atoms with Crippen molar-refractivity contribution in [2.24, 2.45) is 5.92 Å². The summed E-state index contributed by atoms with van der Waals surface area (Å²) in [6.45, 7) is 7.29. The topological polar surface area (TPSA) is 63.3 Å². The van der Waals surface area contributed by atoms with Crippen molar-refractivity contribution >= 4 is 23.6 Å². The van der Waals surface area contributed by atoms with Gasteiger partial charge in [-0.15, -0.1) is 0 Å². The maximum Gasteiger partial charge on any atom is 0.244 e. The number of nitrogens with one attached hydrogen (secondary N) is 1. The van der Waals surface area contributed by atoms with Crippen LogP contribution in [0.4, 0.5) is 0 Å². The van der Waals surface area contributed by atoms with Crippen LogP contribution in [0.3, 0.4) is 0 Å². The molecule has 0 saturated carbocycles. The van der Waals surface area contributed by atoms with E-state index in [9.17, 15) is 4.79 Å². The number of likely N-dealkylation sites (N-methyl/N-ethyl adjacent to an activating group) is 1. The van der Waals surface area contributed by atoms with E-state index < -0.39 is 0 Å². The highest BCUT2D eigenvalue weighted by molar-refractivity contribution is 6.31. The minimum Gasteiger partial charge on any atom is -0.468 e. The van der Waals surface area contributed by atoms with E-state index in [1.807, 2.05) is 38.1 Å². The molecule has 1 atom stereocenters. The molecule has 26 heavy (non-hydrogen) atoms. The van der Waals surface area contributed by atoms with Crippen LogP contribution in [0.15, 0.2) is 28.9 Å². The number of hydrogen-bond acceptors (Lipinski definition) is 4. The van der Waals surface area contributed by atoms with Crippen molar-refractivity contribution in [2.45, 2.75) is 33.4 Å². The molecule has 142 valence electrons. The molecule has 0 aromatic carbocycles. The molecule has 2 aromatic heterocycles. The summed E-state index contributed by atoms with van der Waals surface area (Å²) in [7, 11) is 3.89. The van der Waals surface area contributed by atoms with Gasteiger partial charge < -0.3 is 9.73 Å². The molecule has 7 heteroatoms. The molecule has 0 saturated heterocycles. The Bertz CT molecular complexity index is 748. The third kappa shape index (κ3) is 5.22. The summed E-state index contributed by atoms with van der Waals surface area (Å²) in [6.07, 6.45) is 4.84. The van der Waals surface area contributed by atoms with Gasteiger partial charge in [0.25, 0.3) is 0 Å². The Balaban J connectivity index is 2.00. The second kappa shape index (κ2) is 9.05. The van der Waals surface area contributed by atoms with Crippen molar-refractivity contribution in [1.29, 1.82) is 0 Å². The Morgan fingerprint density at radius 3 is 2.77 bits per heavy atom. The highest BCUT2D eigenvalue weighted by Gasteiger charge is 2.17. The quantitative estimate of drug-likeness (QED) is 0.714. The Morgan fingerprint density at radius 2 is 2.19 bits per heavy atom. The van der Waals surface area contributed by atoms with Crippen LogP contribution < -0.4 is 5.32 Å². The lowest BCUT2D eigenvalue weighted by Gasteiger charge is -2.22. The molecule has 0 fully saturated rings. The van der Waals surface area contributed by atoms with Gasteiger partial charge >= 0.3 is 0 Å². The van der Waals surface area contributed by atoms with Crippen molar-refractivity contribution in [2.75, 3.05) is 20.6 Å². The summed E-state index contributed by atoms with van der Waals surface area (Å²) < 4.78 is 7.22. The largest absolute Gasteiger partial charge is 0.468 e. The number of amides is 1. The monoisotopic (exact) mass is 378 g/mol. The lowest BCUT2D eigenvalue weighted by atomic mass is 10.2. The number of halogens is 1. The number of carbonyl (C=O) groups excluding carboxylic acids is 1. The number of hydrogen-bond donors (Lipinski definition) is 1. The molecule has 2 heterocycles. The van der Waals surface area contributed by atoms with Crippen LogP contribution in [0.1, 0.15) is 36.9 Å². The zero-order valence-corrected chi connectivity index (χ0v) is 16.7. The van der Waals surface area contributed by atoms with Gasteiger partial charge in [0.15, 0.2) is 0 Å². The van der Waals surface area contributed by atoms with E-state index in [1.54, 1.807) is 17.0 Å². The van der Waals surface area contributed by atoms with Gasteiger partial charge in [0.1, 0.15) is 10.9 Å². The SMILES string of the molecule is Cc1nn(CC(C)C)c(Cl)c1/C=C/C(=O)NCC(c1ccco1)N(C)C. The van der Waals surface area contributed by atoms with Crippen LogP contribution in [0.5, 0.6) is 0 Å². The molecular formula is C19H27ClN4O2. The molecule has 0 aliphatic heterocycles. The normalized spacial score (nSPS) is 13.1. The van der Waals surface area contributed by atoms with Crippen molar-refractivity contribution in [1.82, 2.24) is 20.0 Å². The fourth-order valence-electron chi connectivity index (χ4n) is 2.66. The maximum absolute atomic E-state index is 12.2. The molecule has 0 radical (unpaired) electrons. The fourth-order valence-corrected chi connectivity index (χ4v) is 2.96. The Labute approximate surface area is 159 Å². The smallest absolute Gasteiger partial charge is 0.244 e. The summed E-state index contributed by atoms with van der Waals surface area (Å²) in [6, 6.07) is 3.72. The van der Waals surface area contributed by atoms with Gasteiger partial charge in [0, 0.05) is 24.7 Å². The number of furan rings is 1. The first kappa shape index (κ1) is 20.3. The van der Waals surface area contributed by atoms with Crippen molar-refractivity contribution in [3.63, 3.8) is 0 Å². The fraction of sp³-hybridized carbons (Fsp3) is 0.474. The van der Waals surface area contributed by atoms with Crippen LogP contribution in [0.2, 0.25) is 5.15 Å². The molecule has 1 N–H and O–H groups in total. The highest BCUT2D eigenvalue weighted by atomic mass is 35.5. The molecular weight excluding hydrogens is 352 g/mol. The molecule has 0 bridgehead atoms. The third-order valence-electron chi connectivity index (χ3n) is 4.01. The lowest BCUT2D eigenvalue weighted by molar-refractivity contribution is -0.116. The minimum absolute atomic E-state index is 0.0264. The van der Waals surface area contributed by atoms with Crippen LogP contribution in [-0.2, 0) is 11.3 Å². The van der Waals surface area contributed by atoms with Crippen LogP contribution >= 0.6 is 11.6 Å². The van der Waals surface area contributed by atoms with Gasteiger partial charge in [-0.2, -0.15) is 5.10 Å². The summed E-state index contributed by atoms with van der Waals surface area (Å²) in [5, 5.41) is 7.90. The molecule has 0 aliphatic carbocycles. The first-order valence-corrected chi connectivity index (χ1v) is 9.06. The second-order valence-corrected chi connectivity index (χ2v) is 7.30. The van der Waals surface area contributed by atoms with Gasteiger partial charge in [-0.05, 0) is 45.1 Å². The van der Waals surface area contributed by atoms with E-state index in [2.05, 4.69) is 24.3 Å². The average Bonchev–Trinajstić information content (AvgIpc) is 3.15. The molecule has 0 aliphatic rings. The number of nitrogens with zero attached hydrogens (tertiary/aromatic N) is 3. The number of aromatic nitrogens is 2. The summed E-state index contributed by atoms with van der Waals surface area (Å²) in [5.41, 5.74) is 1.58. The number of rotatable bonds is 8. The Morgan fingerprint density at radius 1 is 1.46 bits per heavy atom. The van der Waals surface area contributed by atoms with E-state index >= 15 is 0 Å². The van der Waals surface area contributed by atoms with Gasteiger partial charge in [-0.25, -0.2) is 0 Å². The van der Waals surface area contributed by atoms with E-state index in [0.29, 0.717) is 17.6 Å². The highest BCUT2D eigenvalue weighted by Crippen LogP contribution is 2.22. The number of aryl methyl sites for hydroxylation is 1. The van der Waals surface area contributed by atoms with Crippen LogP contribution in [0, 0.1) is 12.8 Å². The Kier molecular flexibility index (Phi) is 7.06. The maximum atomic E-state index is 12.2. The lowest BCUT2D eigenvalue weighted by Crippen LogP contribution is -2.33. The Hall–Kier alpha value is -2.05. The van der Waals surface area contributed by atoms with Gasteiger partial charge in [-0.3, -0.25) is 14.4 Å².